The Morgan fingerprint density at radius 3 is 1.94 bits per heavy atom. The van der Waals surface area contributed by atoms with Crippen LogP contribution in [0.15, 0.2) is 84.9 Å². The molecule has 3 aromatic rings. The Balaban J connectivity index is 1.38. The van der Waals surface area contributed by atoms with Crippen LogP contribution in [0.1, 0.15) is 23.1 Å². The van der Waals surface area contributed by atoms with E-state index in [0.29, 0.717) is 13.0 Å². The molecular formula is C28H27NO4S. The number of hydrogen-bond acceptors (Lipinski definition) is 4. The summed E-state index contributed by atoms with van der Waals surface area (Å²) >= 11 is 0. The van der Waals surface area contributed by atoms with Gasteiger partial charge in [0.1, 0.15) is 0 Å². The molecule has 1 aliphatic carbocycles. The minimum atomic E-state index is -3.94. The van der Waals surface area contributed by atoms with Crippen molar-refractivity contribution in [3.05, 3.63) is 102 Å². The Kier molecular flexibility index (Phi) is 5.88. The van der Waals surface area contributed by atoms with Crippen LogP contribution in [0.2, 0.25) is 0 Å². The van der Waals surface area contributed by atoms with Gasteiger partial charge in [0.25, 0.3) is 0 Å². The Bertz CT molecular complexity index is 1320. The summed E-state index contributed by atoms with van der Waals surface area (Å²) in [4.78, 5) is 12.9. The third-order valence-electron chi connectivity index (χ3n) is 7.00. The van der Waals surface area contributed by atoms with E-state index in [9.17, 15) is 13.2 Å². The van der Waals surface area contributed by atoms with Crippen LogP contribution in [0, 0.1) is 0 Å². The minimum absolute atomic E-state index is 0.145. The second-order valence-electron chi connectivity index (χ2n) is 8.89. The molecule has 0 saturated heterocycles. The van der Waals surface area contributed by atoms with Gasteiger partial charge in [0.05, 0.1) is 7.11 Å². The maximum Gasteiger partial charge on any atom is 0.329 e. The molecule has 1 aliphatic heterocycles. The minimum Gasteiger partial charge on any atom is -0.468 e. The van der Waals surface area contributed by atoms with E-state index >= 15 is 0 Å². The molecule has 1 heterocycles. The van der Waals surface area contributed by atoms with Gasteiger partial charge in [-0.15, -0.1) is 0 Å². The summed E-state index contributed by atoms with van der Waals surface area (Å²) in [5.41, 5.74) is 6.30. The number of fused-ring (bicyclic) bond motifs is 1. The molecule has 2 aliphatic rings. The van der Waals surface area contributed by atoms with Gasteiger partial charge >= 0.3 is 5.97 Å². The molecule has 0 amide bonds. The van der Waals surface area contributed by atoms with Crippen LogP contribution >= 0.6 is 0 Å². The number of rotatable bonds is 5. The lowest BCUT2D eigenvalue weighted by Crippen LogP contribution is -2.55. The van der Waals surface area contributed by atoms with E-state index in [-0.39, 0.29) is 19.4 Å². The Labute approximate surface area is 200 Å². The van der Waals surface area contributed by atoms with Crippen LogP contribution in [0.25, 0.3) is 16.7 Å². The quantitative estimate of drug-likeness (QED) is 0.513. The number of carbonyl (C=O) groups excluding carboxylic acids is 1. The van der Waals surface area contributed by atoms with E-state index < -0.39 is 20.7 Å². The van der Waals surface area contributed by atoms with Crippen molar-refractivity contribution in [3.63, 3.8) is 0 Å². The highest BCUT2D eigenvalue weighted by molar-refractivity contribution is 7.91. The molecule has 0 bridgehead atoms. The lowest BCUT2D eigenvalue weighted by Gasteiger charge is -2.34. The summed E-state index contributed by atoms with van der Waals surface area (Å²) in [5.74, 6) is -0.685. The van der Waals surface area contributed by atoms with Crippen LogP contribution < -0.4 is 0 Å². The highest BCUT2D eigenvalue weighted by Gasteiger charge is 2.57. The monoisotopic (exact) mass is 473 g/mol. The Morgan fingerprint density at radius 2 is 1.38 bits per heavy atom. The fourth-order valence-corrected chi connectivity index (χ4v) is 7.15. The van der Waals surface area contributed by atoms with Crippen molar-refractivity contribution in [1.82, 2.24) is 4.31 Å². The number of hydrogen-bond donors (Lipinski definition) is 0. The maximum atomic E-state index is 13.8. The summed E-state index contributed by atoms with van der Waals surface area (Å²) in [6.45, 7) is 0.580. The van der Waals surface area contributed by atoms with Crippen LogP contribution in [0.5, 0.6) is 0 Å². The summed E-state index contributed by atoms with van der Waals surface area (Å²) in [7, 11) is -2.68. The van der Waals surface area contributed by atoms with Gasteiger partial charge in [0.2, 0.25) is 10.0 Å². The highest BCUT2D eigenvalue weighted by atomic mass is 32.2. The van der Waals surface area contributed by atoms with E-state index in [2.05, 4.69) is 36.4 Å². The zero-order valence-corrected chi connectivity index (χ0v) is 19.9. The van der Waals surface area contributed by atoms with Crippen LogP contribution in [0.4, 0.5) is 0 Å². The van der Waals surface area contributed by atoms with Gasteiger partial charge in [0.15, 0.2) is 4.75 Å². The van der Waals surface area contributed by atoms with E-state index in [1.54, 1.807) is 0 Å². The fourth-order valence-electron chi connectivity index (χ4n) is 5.08. The molecule has 0 unspecified atom stereocenters. The summed E-state index contributed by atoms with van der Waals surface area (Å²) in [6.07, 6.45) is 2.85. The molecule has 0 N–H and O–H groups in total. The topological polar surface area (TPSA) is 63.7 Å². The lowest BCUT2D eigenvalue weighted by atomic mass is 9.97. The number of benzene rings is 3. The van der Waals surface area contributed by atoms with E-state index in [4.69, 9.17) is 4.74 Å². The first-order valence-electron chi connectivity index (χ1n) is 11.4. The highest BCUT2D eigenvalue weighted by Crippen LogP contribution is 2.40. The normalized spacial score (nSPS) is 17.6. The molecule has 34 heavy (non-hydrogen) atoms. The zero-order valence-electron chi connectivity index (χ0n) is 19.1. The average molecular weight is 474 g/mol. The van der Waals surface area contributed by atoms with Gasteiger partial charge in [-0.2, -0.15) is 4.31 Å². The second-order valence-corrected chi connectivity index (χ2v) is 11.1. The molecule has 3 aromatic carbocycles. The third kappa shape index (κ3) is 3.77. The average Bonchev–Trinajstić information content (AvgIpc) is 3.31. The molecule has 0 fully saturated rings. The molecule has 5 nitrogen and oxygen atoms in total. The van der Waals surface area contributed by atoms with Gasteiger partial charge in [-0.1, -0.05) is 84.9 Å². The van der Waals surface area contributed by atoms with Crippen molar-refractivity contribution in [2.45, 2.75) is 24.0 Å². The SMILES string of the molecule is COC(=O)C1(S(=O)(=O)N2CC=C(c3ccc(-c4ccccc4)cc3)CC2)Cc2ccccc2C1. The van der Waals surface area contributed by atoms with Gasteiger partial charge in [0, 0.05) is 25.9 Å². The fraction of sp³-hybridized carbons (Fsp3) is 0.250. The molecule has 5 rings (SSSR count). The van der Waals surface area contributed by atoms with Crippen LogP contribution in [-0.2, 0) is 32.4 Å². The largest absolute Gasteiger partial charge is 0.468 e. The number of sulfonamides is 1. The zero-order chi connectivity index (χ0) is 23.8. The number of esters is 1. The van der Waals surface area contributed by atoms with Crippen molar-refractivity contribution in [1.29, 1.82) is 0 Å². The smallest absolute Gasteiger partial charge is 0.329 e. The van der Waals surface area contributed by atoms with Crippen molar-refractivity contribution in [3.8, 4) is 11.1 Å². The van der Waals surface area contributed by atoms with Gasteiger partial charge in [-0.25, -0.2) is 8.42 Å². The summed E-state index contributed by atoms with van der Waals surface area (Å²) < 4.78 is 32.5. The Hall–Kier alpha value is -3.22. The molecule has 174 valence electrons. The predicted octanol–water partition coefficient (Wildman–Crippen LogP) is 4.48. The second kappa shape index (κ2) is 8.85. The van der Waals surface area contributed by atoms with Crippen molar-refractivity contribution in [2.24, 2.45) is 0 Å². The molecule has 0 radical (unpaired) electrons. The first-order valence-corrected chi connectivity index (χ1v) is 12.9. The van der Waals surface area contributed by atoms with Gasteiger partial charge < -0.3 is 4.74 Å². The van der Waals surface area contributed by atoms with Crippen molar-refractivity contribution < 1.29 is 17.9 Å². The first kappa shape index (κ1) is 22.6. The molecule has 0 aromatic heterocycles. The first-order chi connectivity index (χ1) is 16.4. The molecule has 6 heteroatoms. The maximum absolute atomic E-state index is 13.8. The number of ether oxygens (including phenoxy) is 1. The molecule has 0 atom stereocenters. The third-order valence-corrected chi connectivity index (χ3v) is 9.45. The summed E-state index contributed by atoms with van der Waals surface area (Å²) in [5, 5.41) is 0. The van der Waals surface area contributed by atoms with Crippen molar-refractivity contribution in [2.75, 3.05) is 20.2 Å². The van der Waals surface area contributed by atoms with Crippen LogP contribution in [0.3, 0.4) is 0 Å². The standard InChI is InChI=1S/C28H27NO4S/c1-33-27(30)28(19-25-9-5-6-10-26(25)20-28)34(31,32)29-17-15-24(16-18-29)23-13-11-22(12-14-23)21-7-3-2-4-8-21/h2-15H,16-20H2,1H3. The van der Waals surface area contributed by atoms with Crippen molar-refractivity contribution >= 4 is 21.6 Å². The molecule has 0 spiro atoms. The predicted molar refractivity (Wildman–Crippen MR) is 134 cm³/mol. The molecule has 0 saturated carbocycles. The number of methoxy groups -OCH3 is 1. The van der Waals surface area contributed by atoms with E-state index in [1.807, 2.05) is 48.5 Å². The van der Waals surface area contributed by atoms with E-state index in [0.717, 1.165) is 33.4 Å². The lowest BCUT2D eigenvalue weighted by molar-refractivity contribution is -0.143. The molecular weight excluding hydrogens is 446 g/mol. The van der Waals surface area contributed by atoms with Gasteiger partial charge in [-0.05, 0) is 39.8 Å². The van der Waals surface area contributed by atoms with Gasteiger partial charge in [-0.3, -0.25) is 4.79 Å². The van der Waals surface area contributed by atoms with E-state index in [1.165, 1.54) is 11.4 Å². The number of carbonyl (C=O) groups is 1. The Morgan fingerprint density at radius 1 is 0.824 bits per heavy atom. The summed E-state index contributed by atoms with van der Waals surface area (Å²) in [6, 6.07) is 26.1. The number of nitrogens with zero attached hydrogens (tertiary/aromatic N) is 1. The van der Waals surface area contributed by atoms with Crippen LogP contribution in [-0.4, -0.2) is 43.6 Å².